The van der Waals surface area contributed by atoms with E-state index in [1.165, 1.54) is 17.5 Å². The highest BCUT2D eigenvalue weighted by Crippen LogP contribution is 2.42. The molecule has 1 aliphatic rings. The Labute approximate surface area is 247 Å². The van der Waals surface area contributed by atoms with Crippen LogP contribution in [-0.4, -0.2) is 19.6 Å². The number of imidazole rings is 1. The van der Waals surface area contributed by atoms with Crippen LogP contribution in [-0.2, 0) is 18.3 Å². The van der Waals surface area contributed by atoms with Crippen LogP contribution in [0.4, 0.5) is 0 Å². The predicted octanol–water partition coefficient (Wildman–Crippen LogP) is 9.30. The number of aryl methyl sites for hydroxylation is 1. The summed E-state index contributed by atoms with van der Waals surface area (Å²) in [6.07, 6.45) is 6.04. The van der Waals surface area contributed by atoms with Crippen molar-refractivity contribution in [2.75, 3.05) is 0 Å². The predicted molar refractivity (Wildman–Crippen MR) is 172 cm³/mol. The molecule has 0 saturated carbocycles. The maximum atomic E-state index is 11.6. The van der Waals surface area contributed by atoms with Crippen molar-refractivity contribution < 1.29 is 5.11 Å². The molecule has 2 heterocycles. The summed E-state index contributed by atoms with van der Waals surface area (Å²) in [5.41, 5.74) is 11.4. The Balaban J connectivity index is 1.50. The second-order valence-corrected chi connectivity index (χ2v) is 12.4. The Morgan fingerprint density at radius 3 is 2.31 bits per heavy atom. The number of hydrogen-bond donors (Lipinski definition) is 1. The van der Waals surface area contributed by atoms with Crippen LogP contribution in [0.25, 0.3) is 50.5 Å². The molecule has 0 aliphatic heterocycles. The monoisotopic (exact) mass is 549 g/mol. The highest BCUT2D eigenvalue weighted by molar-refractivity contribution is 5.96. The summed E-state index contributed by atoms with van der Waals surface area (Å²) in [7, 11) is 0. The molecule has 0 spiro atoms. The fourth-order valence-corrected chi connectivity index (χ4v) is 6.24. The van der Waals surface area contributed by atoms with Gasteiger partial charge in [0.05, 0.1) is 22.3 Å². The molecule has 4 aromatic carbocycles. The summed E-state index contributed by atoms with van der Waals surface area (Å²) in [5, 5.41) is 11.6. The van der Waals surface area contributed by atoms with Crippen molar-refractivity contribution >= 4 is 11.0 Å². The lowest BCUT2D eigenvalue weighted by atomic mass is 9.83. The Bertz CT molecular complexity index is 1910. The first kappa shape index (κ1) is 26.2. The fourth-order valence-electron chi connectivity index (χ4n) is 6.24. The SMILES string of the molecule is CC(C)(C)c1cc(-c2ccccn2)cc(-c2cccc3c2nc(-c2ccc4c(c2O)CCCC4)n3-c2ccccc2)c1. The molecule has 1 N–H and O–H groups in total. The lowest BCUT2D eigenvalue weighted by Gasteiger charge is -2.21. The second-order valence-electron chi connectivity index (χ2n) is 12.4. The number of rotatable bonds is 4. The Morgan fingerprint density at radius 2 is 1.52 bits per heavy atom. The molecular formula is C38H35N3O. The summed E-state index contributed by atoms with van der Waals surface area (Å²) in [4.78, 5) is 9.99. The van der Waals surface area contributed by atoms with Crippen LogP contribution in [0, 0.1) is 0 Å². The number of benzene rings is 4. The van der Waals surface area contributed by atoms with E-state index < -0.39 is 0 Å². The average molecular weight is 550 g/mol. The van der Waals surface area contributed by atoms with Gasteiger partial charge in [-0.2, -0.15) is 0 Å². The molecule has 0 fully saturated rings. The van der Waals surface area contributed by atoms with E-state index in [9.17, 15) is 5.11 Å². The van der Waals surface area contributed by atoms with Crippen LogP contribution < -0.4 is 0 Å². The number of phenols is 1. The van der Waals surface area contributed by atoms with Crippen molar-refractivity contribution in [2.24, 2.45) is 0 Å². The molecule has 6 aromatic rings. The molecule has 7 rings (SSSR count). The molecule has 42 heavy (non-hydrogen) atoms. The van der Waals surface area contributed by atoms with E-state index in [1.54, 1.807) is 0 Å². The van der Waals surface area contributed by atoms with E-state index in [-0.39, 0.29) is 5.41 Å². The van der Waals surface area contributed by atoms with Gasteiger partial charge in [0.25, 0.3) is 0 Å². The summed E-state index contributed by atoms with van der Waals surface area (Å²) in [5.74, 6) is 1.12. The molecule has 0 atom stereocenters. The number of nitrogens with zero attached hydrogens (tertiary/aromatic N) is 3. The Hall–Kier alpha value is -4.70. The zero-order chi connectivity index (χ0) is 28.8. The molecule has 208 valence electrons. The van der Waals surface area contributed by atoms with Gasteiger partial charge in [0.15, 0.2) is 0 Å². The minimum Gasteiger partial charge on any atom is -0.507 e. The lowest BCUT2D eigenvalue weighted by molar-refractivity contribution is 0.463. The van der Waals surface area contributed by atoms with Crippen molar-refractivity contribution in [3.8, 4) is 45.2 Å². The average Bonchev–Trinajstić information content (AvgIpc) is 3.41. The van der Waals surface area contributed by atoms with Crippen LogP contribution in [0.1, 0.15) is 50.3 Å². The molecule has 1 aliphatic carbocycles. The molecule has 0 bridgehead atoms. The smallest absolute Gasteiger partial charge is 0.149 e. The number of phenolic OH excluding ortho intramolecular Hbond substituents is 1. The van der Waals surface area contributed by atoms with Crippen LogP contribution in [0.3, 0.4) is 0 Å². The lowest BCUT2D eigenvalue weighted by Crippen LogP contribution is -2.11. The molecule has 0 amide bonds. The highest BCUT2D eigenvalue weighted by atomic mass is 16.3. The van der Waals surface area contributed by atoms with Crippen LogP contribution >= 0.6 is 0 Å². The minimum absolute atomic E-state index is 0.0447. The summed E-state index contributed by atoms with van der Waals surface area (Å²) in [6, 6.07) is 33.8. The quantitative estimate of drug-likeness (QED) is 0.238. The number of hydrogen-bond acceptors (Lipinski definition) is 3. The van der Waals surface area contributed by atoms with Gasteiger partial charge in [-0.3, -0.25) is 9.55 Å². The van der Waals surface area contributed by atoms with Gasteiger partial charge >= 0.3 is 0 Å². The normalized spacial score (nSPS) is 13.3. The number of para-hydroxylation sites is 2. The third kappa shape index (κ3) is 4.57. The largest absolute Gasteiger partial charge is 0.507 e. The summed E-state index contributed by atoms with van der Waals surface area (Å²) >= 11 is 0. The Morgan fingerprint density at radius 1 is 0.738 bits per heavy atom. The van der Waals surface area contributed by atoms with Gasteiger partial charge in [-0.1, -0.05) is 69.3 Å². The maximum absolute atomic E-state index is 11.6. The van der Waals surface area contributed by atoms with E-state index in [0.717, 1.165) is 75.3 Å². The van der Waals surface area contributed by atoms with E-state index in [1.807, 2.05) is 36.5 Å². The summed E-state index contributed by atoms with van der Waals surface area (Å²) < 4.78 is 2.19. The van der Waals surface area contributed by atoms with Gasteiger partial charge in [0, 0.05) is 23.0 Å². The summed E-state index contributed by atoms with van der Waals surface area (Å²) in [6.45, 7) is 6.74. The van der Waals surface area contributed by atoms with Crippen molar-refractivity contribution in [1.29, 1.82) is 0 Å². The van der Waals surface area contributed by atoms with Crippen LogP contribution in [0.15, 0.2) is 103 Å². The van der Waals surface area contributed by atoms with Crippen molar-refractivity contribution in [2.45, 2.75) is 51.9 Å². The van der Waals surface area contributed by atoms with Gasteiger partial charge in [-0.25, -0.2) is 4.98 Å². The van der Waals surface area contributed by atoms with Crippen molar-refractivity contribution in [3.05, 3.63) is 120 Å². The maximum Gasteiger partial charge on any atom is 0.149 e. The van der Waals surface area contributed by atoms with E-state index in [0.29, 0.717) is 5.75 Å². The van der Waals surface area contributed by atoms with E-state index in [4.69, 9.17) is 4.98 Å². The number of aromatic hydroxyl groups is 1. The molecular weight excluding hydrogens is 514 g/mol. The zero-order valence-corrected chi connectivity index (χ0v) is 24.4. The first-order valence-corrected chi connectivity index (χ1v) is 14.9. The van der Waals surface area contributed by atoms with Crippen LogP contribution in [0.2, 0.25) is 0 Å². The van der Waals surface area contributed by atoms with E-state index >= 15 is 0 Å². The fraction of sp³-hybridized carbons (Fsp3) is 0.211. The molecule has 0 radical (unpaired) electrons. The minimum atomic E-state index is -0.0447. The van der Waals surface area contributed by atoms with Gasteiger partial charge in [-0.15, -0.1) is 0 Å². The standard InChI is InChI=1S/C38H35N3O/c1-38(2,3)28-23-26(22-27(24-28)33-17-9-10-21-39-33)30-16-11-18-34-35(30)40-37(41(34)29-13-5-4-6-14-29)32-20-19-25-12-7-8-15-31(25)36(32)42/h4-6,9-11,13-14,16-24,42H,7-8,12,15H2,1-3H3. The van der Waals surface area contributed by atoms with Gasteiger partial charge < -0.3 is 5.11 Å². The molecule has 2 aromatic heterocycles. The number of aromatic nitrogens is 3. The van der Waals surface area contributed by atoms with Crippen molar-refractivity contribution in [1.82, 2.24) is 14.5 Å². The molecule has 4 nitrogen and oxygen atoms in total. The van der Waals surface area contributed by atoms with Gasteiger partial charge in [0.2, 0.25) is 0 Å². The van der Waals surface area contributed by atoms with E-state index in [2.05, 4.69) is 97.1 Å². The topological polar surface area (TPSA) is 50.9 Å². The third-order valence-corrected chi connectivity index (χ3v) is 8.51. The first-order valence-electron chi connectivity index (χ1n) is 14.9. The van der Waals surface area contributed by atoms with Gasteiger partial charge in [0.1, 0.15) is 11.6 Å². The van der Waals surface area contributed by atoms with Crippen molar-refractivity contribution in [3.63, 3.8) is 0 Å². The molecule has 4 heteroatoms. The zero-order valence-electron chi connectivity index (χ0n) is 24.4. The first-order chi connectivity index (χ1) is 20.4. The number of fused-ring (bicyclic) bond motifs is 2. The number of pyridine rings is 1. The second kappa shape index (κ2) is 10.3. The van der Waals surface area contributed by atoms with Gasteiger partial charge in [-0.05, 0) is 102 Å². The molecule has 0 unspecified atom stereocenters. The highest BCUT2D eigenvalue weighted by Gasteiger charge is 2.24. The molecule has 0 saturated heterocycles. The third-order valence-electron chi connectivity index (χ3n) is 8.51. The Kier molecular flexibility index (Phi) is 6.42. The van der Waals surface area contributed by atoms with Crippen LogP contribution in [0.5, 0.6) is 5.75 Å².